The van der Waals surface area contributed by atoms with Crippen LogP contribution in [0.4, 0.5) is 11.5 Å². The Bertz CT molecular complexity index is 613. The Morgan fingerprint density at radius 2 is 2.21 bits per heavy atom. The fourth-order valence-electron chi connectivity index (χ4n) is 1.50. The molecule has 2 aromatic rings. The van der Waals surface area contributed by atoms with E-state index in [2.05, 4.69) is 20.5 Å². The van der Waals surface area contributed by atoms with Crippen molar-refractivity contribution < 1.29 is 9.72 Å². The first-order valence-electron chi connectivity index (χ1n) is 5.67. The molecule has 3 N–H and O–H groups in total. The molecule has 0 aliphatic carbocycles. The van der Waals surface area contributed by atoms with Gasteiger partial charge in [-0.1, -0.05) is 13.8 Å². The molecule has 0 atom stereocenters. The lowest BCUT2D eigenvalue weighted by molar-refractivity contribution is -0.384. The maximum atomic E-state index is 11.8. The number of aromatic nitrogens is 3. The second-order valence-corrected chi connectivity index (χ2v) is 4.35. The van der Waals surface area contributed by atoms with Crippen LogP contribution in [0.2, 0.25) is 0 Å². The third kappa shape index (κ3) is 2.79. The SMILES string of the molecule is CC(C)c1cc(NC(=O)c2cc([N+](=O)[O-])c[nH]2)n[nH]1. The maximum Gasteiger partial charge on any atom is 0.287 e. The smallest absolute Gasteiger partial charge is 0.287 e. The van der Waals surface area contributed by atoms with Gasteiger partial charge in [0.25, 0.3) is 11.6 Å². The van der Waals surface area contributed by atoms with E-state index < -0.39 is 10.8 Å². The topological polar surface area (TPSA) is 117 Å². The number of anilines is 1. The quantitative estimate of drug-likeness (QED) is 0.577. The number of nitrogens with one attached hydrogen (secondary N) is 3. The molecule has 0 spiro atoms. The zero-order chi connectivity index (χ0) is 14.0. The van der Waals surface area contributed by atoms with Crippen LogP contribution in [0, 0.1) is 10.1 Å². The van der Waals surface area contributed by atoms with Crippen molar-refractivity contribution in [3.8, 4) is 0 Å². The summed E-state index contributed by atoms with van der Waals surface area (Å²) in [4.78, 5) is 24.3. The molecule has 0 saturated carbocycles. The second-order valence-electron chi connectivity index (χ2n) is 4.35. The highest BCUT2D eigenvalue weighted by atomic mass is 16.6. The largest absolute Gasteiger partial charge is 0.351 e. The molecule has 1 amide bonds. The Balaban J connectivity index is 2.09. The summed E-state index contributed by atoms with van der Waals surface area (Å²) in [5.74, 6) is 0.172. The molecule has 0 fully saturated rings. The summed E-state index contributed by atoms with van der Waals surface area (Å²) in [6, 6.07) is 2.89. The summed E-state index contributed by atoms with van der Waals surface area (Å²) < 4.78 is 0. The standard InChI is InChI=1S/C11H13N5O3/c1-6(2)8-4-10(15-14-8)13-11(17)9-3-7(5-12-9)16(18)19/h3-6,12H,1-2H3,(H2,13,14,15,17). The molecule has 2 heterocycles. The number of carbonyl (C=O) groups excluding carboxylic acids is 1. The van der Waals surface area contributed by atoms with Gasteiger partial charge in [-0.05, 0) is 5.92 Å². The Hall–Kier alpha value is -2.64. The van der Waals surface area contributed by atoms with Crippen molar-refractivity contribution in [2.45, 2.75) is 19.8 Å². The molecule has 0 aromatic carbocycles. The van der Waals surface area contributed by atoms with Gasteiger partial charge in [-0.2, -0.15) is 5.10 Å². The summed E-state index contributed by atoms with van der Waals surface area (Å²) >= 11 is 0. The molecule has 0 radical (unpaired) electrons. The van der Waals surface area contributed by atoms with Crippen molar-refractivity contribution in [2.75, 3.05) is 5.32 Å². The van der Waals surface area contributed by atoms with Gasteiger partial charge in [0.15, 0.2) is 5.82 Å². The summed E-state index contributed by atoms with van der Waals surface area (Å²) in [5, 5.41) is 19.8. The number of aromatic amines is 2. The molecular weight excluding hydrogens is 250 g/mol. The van der Waals surface area contributed by atoms with E-state index in [9.17, 15) is 14.9 Å². The lowest BCUT2D eigenvalue weighted by atomic mass is 10.1. The van der Waals surface area contributed by atoms with E-state index in [4.69, 9.17) is 0 Å². The van der Waals surface area contributed by atoms with Crippen molar-refractivity contribution in [1.29, 1.82) is 0 Å². The van der Waals surface area contributed by atoms with E-state index >= 15 is 0 Å². The highest BCUT2D eigenvalue weighted by molar-refractivity contribution is 6.02. The van der Waals surface area contributed by atoms with Gasteiger partial charge in [0, 0.05) is 17.8 Å². The lowest BCUT2D eigenvalue weighted by Crippen LogP contribution is -2.12. The van der Waals surface area contributed by atoms with Crippen molar-refractivity contribution in [1.82, 2.24) is 15.2 Å². The van der Waals surface area contributed by atoms with Crippen molar-refractivity contribution in [3.63, 3.8) is 0 Å². The summed E-state index contributed by atoms with van der Waals surface area (Å²) in [6.45, 7) is 3.99. The van der Waals surface area contributed by atoms with E-state index in [0.29, 0.717) is 5.82 Å². The van der Waals surface area contributed by atoms with Crippen molar-refractivity contribution in [3.05, 3.63) is 39.8 Å². The van der Waals surface area contributed by atoms with Crippen LogP contribution in [-0.2, 0) is 0 Å². The first-order valence-corrected chi connectivity index (χ1v) is 5.67. The molecule has 0 saturated heterocycles. The summed E-state index contributed by atoms with van der Waals surface area (Å²) in [5.41, 5.74) is 0.851. The second kappa shape index (κ2) is 4.92. The van der Waals surface area contributed by atoms with Gasteiger partial charge >= 0.3 is 0 Å². The van der Waals surface area contributed by atoms with Gasteiger partial charge in [0.1, 0.15) is 5.69 Å². The number of hydrogen-bond donors (Lipinski definition) is 3. The Morgan fingerprint density at radius 3 is 2.74 bits per heavy atom. The molecule has 0 aliphatic rings. The molecule has 0 bridgehead atoms. The zero-order valence-corrected chi connectivity index (χ0v) is 10.4. The van der Waals surface area contributed by atoms with E-state index in [1.807, 2.05) is 13.8 Å². The highest BCUT2D eigenvalue weighted by Crippen LogP contribution is 2.16. The normalized spacial score (nSPS) is 10.7. The number of hydrogen-bond acceptors (Lipinski definition) is 4. The van der Waals surface area contributed by atoms with Gasteiger partial charge < -0.3 is 10.3 Å². The predicted molar refractivity (Wildman–Crippen MR) is 68.1 cm³/mol. The van der Waals surface area contributed by atoms with E-state index in [1.54, 1.807) is 6.07 Å². The van der Waals surface area contributed by atoms with Gasteiger partial charge in [0.2, 0.25) is 0 Å². The van der Waals surface area contributed by atoms with E-state index in [-0.39, 0.29) is 17.3 Å². The highest BCUT2D eigenvalue weighted by Gasteiger charge is 2.15. The summed E-state index contributed by atoms with van der Waals surface area (Å²) in [6.07, 6.45) is 1.17. The van der Waals surface area contributed by atoms with Crippen molar-refractivity contribution >= 4 is 17.4 Å². The minimum absolute atomic E-state index is 0.112. The van der Waals surface area contributed by atoms with Crippen LogP contribution in [0.5, 0.6) is 0 Å². The van der Waals surface area contributed by atoms with E-state index in [1.165, 1.54) is 12.3 Å². The van der Waals surface area contributed by atoms with E-state index in [0.717, 1.165) is 5.69 Å². The van der Waals surface area contributed by atoms with Gasteiger partial charge in [0.05, 0.1) is 11.1 Å². The number of H-pyrrole nitrogens is 2. The minimum atomic E-state index is -0.571. The van der Waals surface area contributed by atoms with Crippen LogP contribution in [-0.4, -0.2) is 26.0 Å². The molecule has 19 heavy (non-hydrogen) atoms. The number of nitrogens with zero attached hydrogens (tertiary/aromatic N) is 2. The Kier molecular flexibility index (Phi) is 3.32. The number of carbonyl (C=O) groups is 1. The van der Waals surface area contributed by atoms with Gasteiger partial charge in [-0.3, -0.25) is 20.0 Å². The van der Waals surface area contributed by atoms with Crippen LogP contribution in [0.3, 0.4) is 0 Å². The average Bonchev–Trinajstić information content (AvgIpc) is 2.96. The number of nitro groups is 1. The molecule has 100 valence electrons. The first-order chi connectivity index (χ1) is 8.97. The third-order valence-corrected chi connectivity index (χ3v) is 2.58. The van der Waals surface area contributed by atoms with Gasteiger partial charge in [-0.25, -0.2) is 0 Å². The molecule has 2 aromatic heterocycles. The Labute approximate surface area is 108 Å². The lowest BCUT2D eigenvalue weighted by Gasteiger charge is -1.98. The fourth-order valence-corrected chi connectivity index (χ4v) is 1.50. The van der Waals surface area contributed by atoms with Crippen LogP contribution in [0.1, 0.15) is 35.9 Å². The number of rotatable bonds is 4. The average molecular weight is 263 g/mol. The third-order valence-electron chi connectivity index (χ3n) is 2.58. The minimum Gasteiger partial charge on any atom is -0.351 e. The number of amides is 1. The van der Waals surface area contributed by atoms with Crippen molar-refractivity contribution in [2.24, 2.45) is 0 Å². The zero-order valence-electron chi connectivity index (χ0n) is 10.4. The molecule has 0 aliphatic heterocycles. The van der Waals surface area contributed by atoms with Gasteiger partial charge in [-0.15, -0.1) is 0 Å². The summed E-state index contributed by atoms with van der Waals surface area (Å²) in [7, 11) is 0. The molecule has 2 rings (SSSR count). The fraction of sp³-hybridized carbons (Fsp3) is 0.273. The maximum absolute atomic E-state index is 11.8. The monoisotopic (exact) mass is 263 g/mol. The molecular formula is C11H13N5O3. The van der Waals surface area contributed by atoms with Crippen LogP contribution >= 0.6 is 0 Å². The first kappa shape index (κ1) is 12.8. The molecule has 0 unspecified atom stereocenters. The van der Waals surface area contributed by atoms with Crippen LogP contribution in [0.25, 0.3) is 0 Å². The van der Waals surface area contributed by atoms with Crippen LogP contribution < -0.4 is 5.32 Å². The molecule has 8 nitrogen and oxygen atoms in total. The predicted octanol–water partition coefficient (Wildman–Crippen LogP) is 2.02. The molecule has 8 heteroatoms. The Morgan fingerprint density at radius 1 is 1.47 bits per heavy atom. The van der Waals surface area contributed by atoms with Crippen LogP contribution in [0.15, 0.2) is 18.3 Å².